The second kappa shape index (κ2) is 47.9. The fraction of sp³-hybridized carbons (Fsp3) is 0.945. The molecule has 0 radical (unpaired) electrons. The Morgan fingerprint density at radius 2 is 0.623 bits per heavy atom. The highest BCUT2D eigenvalue weighted by molar-refractivity contribution is 5.71. The van der Waals surface area contributed by atoms with Crippen LogP contribution in [-0.2, 0) is 28.6 Å². The van der Waals surface area contributed by atoms with Gasteiger partial charge in [-0.05, 0) is 31.1 Å². The maximum absolute atomic E-state index is 12.8. The van der Waals surface area contributed by atoms with Gasteiger partial charge >= 0.3 is 17.9 Å². The molecule has 2 atom stereocenters. The first-order valence-corrected chi connectivity index (χ1v) is 27.3. The van der Waals surface area contributed by atoms with Gasteiger partial charge in [-0.25, -0.2) is 0 Å². The van der Waals surface area contributed by atoms with Crippen LogP contribution in [0.25, 0.3) is 0 Å². The Morgan fingerprint density at radius 3 is 0.934 bits per heavy atom. The van der Waals surface area contributed by atoms with Gasteiger partial charge in [0, 0.05) is 19.3 Å². The van der Waals surface area contributed by atoms with Crippen molar-refractivity contribution in [2.75, 3.05) is 13.2 Å². The first-order valence-electron chi connectivity index (χ1n) is 27.3. The standard InChI is InChI=1S/C55H106O6/c1-6-8-9-10-11-12-13-14-15-16-17-20-24-27-30-37-42-47-55(58)61-52(49-60-54(57)46-41-36-32-31-34-39-44-51(5)7-2)48-59-53(56)45-40-35-29-26-23-21-18-19-22-25-28-33-38-43-50(3)4/h50-52H,6-49H2,1-5H3/t51?,52-/m1/s1. The second-order valence-electron chi connectivity index (χ2n) is 19.6. The summed E-state index contributed by atoms with van der Waals surface area (Å²) in [6.07, 6.45) is 49.5. The summed E-state index contributed by atoms with van der Waals surface area (Å²) < 4.78 is 16.8. The highest BCUT2D eigenvalue weighted by Crippen LogP contribution is 2.18. The van der Waals surface area contributed by atoms with Crippen molar-refractivity contribution in [2.24, 2.45) is 11.8 Å². The van der Waals surface area contributed by atoms with E-state index in [1.54, 1.807) is 0 Å². The molecule has 0 aliphatic heterocycles. The largest absolute Gasteiger partial charge is 0.462 e. The first kappa shape index (κ1) is 59.4. The molecule has 0 aromatic rings. The van der Waals surface area contributed by atoms with Crippen LogP contribution in [0.5, 0.6) is 0 Å². The molecule has 0 saturated carbocycles. The minimum atomic E-state index is -0.762. The van der Waals surface area contributed by atoms with Crippen molar-refractivity contribution in [3.05, 3.63) is 0 Å². The van der Waals surface area contributed by atoms with Crippen molar-refractivity contribution in [3.63, 3.8) is 0 Å². The molecular formula is C55H106O6. The number of hydrogen-bond acceptors (Lipinski definition) is 6. The lowest BCUT2D eigenvalue weighted by Crippen LogP contribution is -2.30. The van der Waals surface area contributed by atoms with E-state index in [1.807, 2.05) is 0 Å². The molecular weight excluding hydrogens is 757 g/mol. The Hall–Kier alpha value is -1.59. The first-order chi connectivity index (χ1) is 29.8. The van der Waals surface area contributed by atoms with E-state index in [1.165, 1.54) is 193 Å². The van der Waals surface area contributed by atoms with Crippen LogP contribution >= 0.6 is 0 Å². The Bertz CT molecular complexity index is 933. The summed E-state index contributed by atoms with van der Waals surface area (Å²) in [6, 6.07) is 0. The summed E-state index contributed by atoms with van der Waals surface area (Å²) >= 11 is 0. The molecule has 0 heterocycles. The van der Waals surface area contributed by atoms with Crippen molar-refractivity contribution < 1.29 is 28.6 Å². The van der Waals surface area contributed by atoms with Crippen LogP contribution in [0.2, 0.25) is 0 Å². The monoisotopic (exact) mass is 863 g/mol. The lowest BCUT2D eigenvalue weighted by molar-refractivity contribution is -0.167. The van der Waals surface area contributed by atoms with Gasteiger partial charge in [-0.3, -0.25) is 14.4 Å². The van der Waals surface area contributed by atoms with Gasteiger partial charge < -0.3 is 14.2 Å². The van der Waals surface area contributed by atoms with E-state index in [0.717, 1.165) is 69.6 Å². The van der Waals surface area contributed by atoms with E-state index in [4.69, 9.17) is 14.2 Å². The van der Waals surface area contributed by atoms with Crippen LogP contribution in [0, 0.1) is 11.8 Å². The topological polar surface area (TPSA) is 78.9 Å². The Morgan fingerprint density at radius 1 is 0.344 bits per heavy atom. The van der Waals surface area contributed by atoms with Crippen LogP contribution < -0.4 is 0 Å². The van der Waals surface area contributed by atoms with E-state index >= 15 is 0 Å². The zero-order valence-electron chi connectivity index (χ0n) is 41.8. The van der Waals surface area contributed by atoms with Gasteiger partial charge in [0.15, 0.2) is 6.10 Å². The zero-order chi connectivity index (χ0) is 44.7. The molecule has 0 bridgehead atoms. The quantitative estimate of drug-likeness (QED) is 0.0344. The van der Waals surface area contributed by atoms with Gasteiger partial charge in [-0.15, -0.1) is 0 Å². The molecule has 0 fully saturated rings. The maximum Gasteiger partial charge on any atom is 0.306 e. The average molecular weight is 863 g/mol. The van der Waals surface area contributed by atoms with Gasteiger partial charge in [-0.2, -0.15) is 0 Å². The molecule has 0 aliphatic rings. The highest BCUT2D eigenvalue weighted by Gasteiger charge is 2.19. The number of ether oxygens (including phenoxy) is 3. The normalized spacial score (nSPS) is 12.5. The molecule has 0 rings (SSSR count). The number of hydrogen-bond donors (Lipinski definition) is 0. The molecule has 0 spiro atoms. The summed E-state index contributed by atoms with van der Waals surface area (Å²) in [5, 5.41) is 0. The van der Waals surface area contributed by atoms with E-state index in [2.05, 4.69) is 34.6 Å². The zero-order valence-corrected chi connectivity index (χ0v) is 41.8. The average Bonchev–Trinajstić information content (AvgIpc) is 3.24. The van der Waals surface area contributed by atoms with Crippen LogP contribution in [0.3, 0.4) is 0 Å². The van der Waals surface area contributed by atoms with E-state index < -0.39 is 6.10 Å². The number of esters is 3. The molecule has 0 aromatic carbocycles. The number of unbranched alkanes of at least 4 members (excludes halogenated alkanes) is 33. The van der Waals surface area contributed by atoms with E-state index in [0.29, 0.717) is 19.3 Å². The van der Waals surface area contributed by atoms with Gasteiger partial charge in [0.1, 0.15) is 13.2 Å². The minimum Gasteiger partial charge on any atom is -0.462 e. The Balaban J connectivity index is 4.28. The second-order valence-corrected chi connectivity index (χ2v) is 19.6. The highest BCUT2D eigenvalue weighted by atomic mass is 16.6. The fourth-order valence-corrected chi connectivity index (χ4v) is 8.31. The van der Waals surface area contributed by atoms with Crippen LogP contribution in [0.15, 0.2) is 0 Å². The molecule has 6 heteroatoms. The molecule has 6 nitrogen and oxygen atoms in total. The summed E-state index contributed by atoms with van der Waals surface area (Å²) in [5.74, 6) is 0.806. The van der Waals surface area contributed by atoms with Gasteiger partial charge in [0.2, 0.25) is 0 Å². The van der Waals surface area contributed by atoms with Crippen molar-refractivity contribution in [1.29, 1.82) is 0 Å². The third-order valence-corrected chi connectivity index (χ3v) is 12.8. The molecule has 1 unspecified atom stereocenters. The van der Waals surface area contributed by atoms with Crippen molar-refractivity contribution in [1.82, 2.24) is 0 Å². The summed E-state index contributed by atoms with van der Waals surface area (Å²) in [6.45, 7) is 11.4. The van der Waals surface area contributed by atoms with Crippen molar-refractivity contribution >= 4 is 17.9 Å². The van der Waals surface area contributed by atoms with Crippen molar-refractivity contribution in [3.8, 4) is 0 Å². The van der Waals surface area contributed by atoms with Crippen molar-refractivity contribution in [2.45, 2.75) is 310 Å². The molecule has 0 saturated heterocycles. The minimum absolute atomic E-state index is 0.0640. The Labute approximate surface area is 380 Å². The molecule has 0 aliphatic carbocycles. The maximum atomic E-state index is 12.8. The predicted octanol–water partition coefficient (Wildman–Crippen LogP) is 17.7. The summed E-state index contributed by atoms with van der Waals surface area (Å²) in [7, 11) is 0. The predicted molar refractivity (Wildman–Crippen MR) is 261 cm³/mol. The van der Waals surface area contributed by atoms with Crippen LogP contribution in [-0.4, -0.2) is 37.2 Å². The van der Waals surface area contributed by atoms with Gasteiger partial charge in [0.05, 0.1) is 0 Å². The van der Waals surface area contributed by atoms with Gasteiger partial charge in [-0.1, -0.05) is 266 Å². The van der Waals surface area contributed by atoms with Crippen LogP contribution in [0.1, 0.15) is 304 Å². The Kier molecular flexibility index (Phi) is 46.6. The molecule has 0 N–H and O–H groups in total. The third kappa shape index (κ3) is 47.7. The lowest BCUT2D eigenvalue weighted by Gasteiger charge is -2.18. The van der Waals surface area contributed by atoms with E-state index in [9.17, 15) is 14.4 Å². The summed E-state index contributed by atoms with van der Waals surface area (Å²) in [4.78, 5) is 38.0. The molecule has 0 amide bonds. The number of carbonyl (C=O) groups is 3. The number of rotatable bonds is 49. The van der Waals surface area contributed by atoms with Crippen LogP contribution in [0.4, 0.5) is 0 Å². The third-order valence-electron chi connectivity index (χ3n) is 12.8. The molecule has 362 valence electrons. The molecule has 61 heavy (non-hydrogen) atoms. The lowest BCUT2D eigenvalue weighted by atomic mass is 10.00. The number of carbonyl (C=O) groups excluding carboxylic acids is 3. The smallest absolute Gasteiger partial charge is 0.306 e. The fourth-order valence-electron chi connectivity index (χ4n) is 8.31. The van der Waals surface area contributed by atoms with E-state index in [-0.39, 0.29) is 31.1 Å². The van der Waals surface area contributed by atoms with Gasteiger partial charge in [0.25, 0.3) is 0 Å². The SMILES string of the molecule is CCCCCCCCCCCCCCCCCCCC(=O)O[C@H](COC(=O)CCCCCCCCCCCCCCCC(C)C)COC(=O)CCCCCCCCC(C)CC. The summed E-state index contributed by atoms with van der Waals surface area (Å²) in [5.41, 5.74) is 0. The molecule has 0 aromatic heterocycles.